The van der Waals surface area contributed by atoms with Crippen LogP contribution in [0.4, 0.5) is 0 Å². The fraction of sp³-hybridized carbons (Fsp3) is 0. The monoisotopic (exact) mass is 402 g/mol. The third-order valence-corrected chi connectivity index (χ3v) is 4.60. The molecule has 2 aromatic carbocycles. The Hall–Kier alpha value is -4.46. The molecule has 0 radical (unpaired) electrons. The van der Waals surface area contributed by atoms with Gasteiger partial charge in [0.25, 0.3) is 0 Å². The number of nitrogens with two attached hydrogens (primary N) is 2. The minimum absolute atomic E-state index is 0.0455. The fourth-order valence-corrected chi connectivity index (χ4v) is 2.98. The molecule has 0 unspecified atom stereocenters. The highest BCUT2D eigenvalue weighted by molar-refractivity contribution is 5.97. The van der Waals surface area contributed by atoms with Crippen LogP contribution in [0.1, 0.15) is 11.1 Å². The summed E-state index contributed by atoms with van der Waals surface area (Å²) in [6, 6.07) is 21.6. The van der Waals surface area contributed by atoms with E-state index in [0.717, 1.165) is 11.1 Å². The maximum Gasteiger partial charge on any atom is 0.170 e. The Labute approximate surface area is 171 Å². The van der Waals surface area contributed by atoms with Gasteiger partial charge in [-0.2, -0.15) is 0 Å². The normalized spacial score (nSPS) is 12.3. The maximum absolute atomic E-state index is 8.75. The van der Waals surface area contributed by atoms with Crippen molar-refractivity contribution in [3.63, 3.8) is 0 Å². The lowest BCUT2D eigenvalue weighted by atomic mass is 10.1. The van der Waals surface area contributed by atoms with Crippen molar-refractivity contribution in [2.75, 3.05) is 0 Å². The molecule has 2 aromatic heterocycles. The Balaban J connectivity index is 1.55. The lowest BCUT2D eigenvalue weighted by molar-refractivity contribution is 0.318. The van der Waals surface area contributed by atoms with Crippen molar-refractivity contribution in [2.24, 2.45) is 21.8 Å². The third-order valence-electron chi connectivity index (χ3n) is 4.60. The van der Waals surface area contributed by atoms with E-state index in [1.54, 1.807) is 24.3 Å². The summed E-state index contributed by atoms with van der Waals surface area (Å²) in [4.78, 5) is 0. The lowest BCUT2D eigenvalue weighted by Gasteiger charge is -2.01. The molecule has 0 aliphatic carbocycles. The first-order valence-corrected chi connectivity index (χ1v) is 8.96. The second-order valence-corrected chi connectivity index (χ2v) is 6.45. The Morgan fingerprint density at radius 2 is 0.867 bits per heavy atom. The highest BCUT2D eigenvalue weighted by Crippen LogP contribution is 2.32. The number of hydrogen-bond acceptors (Lipinski definition) is 6. The molecule has 30 heavy (non-hydrogen) atoms. The van der Waals surface area contributed by atoms with Gasteiger partial charge in [0.15, 0.2) is 23.2 Å². The largest absolute Gasteiger partial charge is 0.453 e. The summed E-state index contributed by atoms with van der Waals surface area (Å²) < 4.78 is 11.9. The Morgan fingerprint density at radius 1 is 0.533 bits per heavy atom. The van der Waals surface area contributed by atoms with E-state index in [4.69, 9.17) is 30.7 Å². The molecule has 2 heterocycles. The molecule has 8 heteroatoms. The van der Waals surface area contributed by atoms with Crippen LogP contribution in [0.25, 0.3) is 34.2 Å². The zero-order valence-corrected chi connectivity index (χ0v) is 15.7. The average Bonchev–Trinajstić information content (AvgIpc) is 3.48. The number of hydrogen-bond donors (Lipinski definition) is 4. The molecule has 150 valence electrons. The first kappa shape index (κ1) is 18.9. The molecule has 4 rings (SSSR count). The Bertz CT molecular complexity index is 1120. The van der Waals surface area contributed by atoms with Gasteiger partial charge in [-0.3, -0.25) is 0 Å². The standard InChI is InChI=1S/C22H18N4O4/c23-21(25-27)15-5-1-13(2-6-15)17-9-11-19(29-17)20-12-10-18(30-20)14-3-7-16(8-4-14)22(24)26-28/h1-12,27-28H,(H2,23,25)(H2,24,26). The smallest absolute Gasteiger partial charge is 0.170 e. The predicted octanol–water partition coefficient (Wildman–Crippen LogP) is 4.06. The molecular formula is C22H18N4O4. The van der Waals surface area contributed by atoms with E-state index < -0.39 is 0 Å². The van der Waals surface area contributed by atoms with Gasteiger partial charge in [-0.05, 0) is 24.3 Å². The van der Waals surface area contributed by atoms with Gasteiger partial charge in [0.05, 0.1) is 0 Å². The number of oxime groups is 2. The van der Waals surface area contributed by atoms with Crippen LogP contribution in [0.3, 0.4) is 0 Å². The Morgan fingerprint density at radius 3 is 1.20 bits per heavy atom. The average molecular weight is 402 g/mol. The van der Waals surface area contributed by atoms with E-state index in [1.165, 1.54) is 0 Å². The number of amidine groups is 2. The third kappa shape index (κ3) is 3.61. The summed E-state index contributed by atoms with van der Waals surface area (Å²) in [5.41, 5.74) is 14.1. The second kappa shape index (κ2) is 7.88. The van der Waals surface area contributed by atoms with Gasteiger partial charge >= 0.3 is 0 Å². The zero-order chi connectivity index (χ0) is 21.1. The van der Waals surface area contributed by atoms with E-state index in [0.29, 0.717) is 34.2 Å². The topological polar surface area (TPSA) is 144 Å². The van der Waals surface area contributed by atoms with Crippen molar-refractivity contribution < 1.29 is 19.2 Å². The van der Waals surface area contributed by atoms with E-state index in [1.807, 2.05) is 48.5 Å². The zero-order valence-electron chi connectivity index (χ0n) is 15.7. The lowest BCUT2D eigenvalue weighted by Crippen LogP contribution is -2.12. The van der Waals surface area contributed by atoms with Crippen molar-refractivity contribution in [1.29, 1.82) is 0 Å². The predicted molar refractivity (Wildman–Crippen MR) is 112 cm³/mol. The molecular weight excluding hydrogens is 384 g/mol. The van der Waals surface area contributed by atoms with E-state index >= 15 is 0 Å². The molecule has 0 atom stereocenters. The minimum atomic E-state index is 0.0455. The SMILES string of the molecule is N/C(=N\O)c1ccc(-c2ccc(-c3ccc(-c4ccc(/C(N)=N/O)cc4)o3)o2)cc1. The van der Waals surface area contributed by atoms with Crippen LogP contribution in [-0.4, -0.2) is 22.1 Å². The molecule has 0 aliphatic heterocycles. The number of nitrogens with zero attached hydrogens (tertiary/aromatic N) is 2. The summed E-state index contributed by atoms with van der Waals surface area (Å²) in [6.45, 7) is 0. The van der Waals surface area contributed by atoms with E-state index in [9.17, 15) is 0 Å². The van der Waals surface area contributed by atoms with Crippen LogP contribution in [0.5, 0.6) is 0 Å². The molecule has 0 aliphatic rings. The molecule has 0 spiro atoms. The van der Waals surface area contributed by atoms with Crippen LogP contribution >= 0.6 is 0 Å². The first-order valence-electron chi connectivity index (χ1n) is 8.96. The van der Waals surface area contributed by atoms with E-state index in [2.05, 4.69) is 10.3 Å². The summed E-state index contributed by atoms with van der Waals surface area (Å²) in [5, 5.41) is 23.5. The summed E-state index contributed by atoms with van der Waals surface area (Å²) in [6.07, 6.45) is 0. The summed E-state index contributed by atoms with van der Waals surface area (Å²) >= 11 is 0. The van der Waals surface area contributed by atoms with Crippen LogP contribution in [-0.2, 0) is 0 Å². The van der Waals surface area contributed by atoms with Crippen molar-refractivity contribution in [1.82, 2.24) is 0 Å². The fourth-order valence-electron chi connectivity index (χ4n) is 2.98. The van der Waals surface area contributed by atoms with Crippen molar-refractivity contribution in [3.8, 4) is 34.2 Å². The number of benzene rings is 2. The number of furan rings is 2. The van der Waals surface area contributed by atoms with Crippen LogP contribution < -0.4 is 11.5 Å². The maximum atomic E-state index is 8.75. The molecule has 0 bridgehead atoms. The molecule has 8 nitrogen and oxygen atoms in total. The van der Waals surface area contributed by atoms with Gasteiger partial charge in [0, 0.05) is 22.3 Å². The van der Waals surface area contributed by atoms with Gasteiger partial charge in [0.1, 0.15) is 11.5 Å². The van der Waals surface area contributed by atoms with Gasteiger partial charge in [-0.25, -0.2) is 0 Å². The number of rotatable bonds is 5. The first-order chi connectivity index (χ1) is 14.6. The highest BCUT2D eigenvalue weighted by atomic mass is 16.4. The molecule has 0 fully saturated rings. The second-order valence-electron chi connectivity index (χ2n) is 6.45. The van der Waals surface area contributed by atoms with Crippen LogP contribution in [0.2, 0.25) is 0 Å². The molecule has 6 N–H and O–H groups in total. The van der Waals surface area contributed by atoms with Crippen molar-refractivity contribution in [3.05, 3.63) is 83.9 Å². The van der Waals surface area contributed by atoms with Crippen molar-refractivity contribution in [2.45, 2.75) is 0 Å². The van der Waals surface area contributed by atoms with Crippen molar-refractivity contribution >= 4 is 11.7 Å². The van der Waals surface area contributed by atoms with E-state index in [-0.39, 0.29) is 11.7 Å². The minimum Gasteiger partial charge on any atom is -0.453 e. The molecule has 0 saturated heterocycles. The molecule has 0 amide bonds. The van der Waals surface area contributed by atoms with Gasteiger partial charge in [-0.15, -0.1) is 0 Å². The summed E-state index contributed by atoms with van der Waals surface area (Å²) in [5.74, 6) is 2.60. The van der Waals surface area contributed by atoms with Gasteiger partial charge in [0.2, 0.25) is 0 Å². The summed E-state index contributed by atoms with van der Waals surface area (Å²) in [7, 11) is 0. The quantitative estimate of drug-likeness (QED) is 0.171. The van der Waals surface area contributed by atoms with Gasteiger partial charge in [-0.1, -0.05) is 58.8 Å². The molecule has 4 aromatic rings. The van der Waals surface area contributed by atoms with Gasteiger partial charge < -0.3 is 30.7 Å². The molecule has 0 saturated carbocycles. The van der Waals surface area contributed by atoms with Crippen LogP contribution in [0.15, 0.2) is 91.9 Å². The van der Waals surface area contributed by atoms with Crippen LogP contribution in [0, 0.1) is 0 Å². The Kier molecular flexibility index (Phi) is 4.96. The highest BCUT2D eigenvalue weighted by Gasteiger charge is 2.12.